The summed E-state index contributed by atoms with van der Waals surface area (Å²) in [6.45, 7) is 2.73. The molecule has 0 fully saturated rings. The van der Waals surface area contributed by atoms with Crippen molar-refractivity contribution in [1.29, 1.82) is 0 Å². The van der Waals surface area contributed by atoms with Crippen molar-refractivity contribution in [1.82, 2.24) is 14.8 Å². The van der Waals surface area contributed by atoms with Crippen molar-refractivity contribution in [3.05, 3.63) is 58.6 Å². The number of thioether (sulfide) groups is 1. The van der Waals surface area contributed by atoms with Crippen LogP contribution in [0.4, 0.5) is 0 Å². The fourth-order valence-electron chi connectivity index (χ4n) is 2.56. The first-order valence-corrected chi connectivity index (χ1v) is 9.90. The van der Waals surface area contributed by atoms with E-state index in [2.05, 4.69) is 26.1 Å². The maximum atomic E-state index is 12.4. The number of aromatic nitrogens is 3. The molecule has 0 aliphatic heterocycles. The average Bonchev–Trinajstić information content (AvgIpc) is 3.09. The number of hydrogen-bond acceptors (Lipinski definition) is 5. The summed E-state index contributed by atoms with van der Waals surface area (Å²) in [6.07, 6.45) is 0. The summed E-state index contributed by atoms with van der Waals surface area (Å²) >= 11 is 4.77. The van der Waals surface area contributed by atoms with Crippen LogP contribution in [0.3, 0.4) is 0 Å². The standard InChI is InChI=1S/C19H18BrN3O2S/c1-3-23-18(15-6-4-5-7-17(15)25-2)21-22-19(23)26-12-16(24)13-8-10-14(20)11-9-13/h4-11H,3,12H2,1-2H3. The third kappa shape index (κ3) is 3.99. The van der Waals surface area contributed by atoms with Crippen LogP contribution in [0.15, 0.2) is 58.2 Å². The van der Waals surface area contributed by atoms with Gasteiger partial charge in [0.1, 0.15) is 5.75 Å². The van der Waals surface area contributed by atoms with E-state index in [1.807, 2.05) is 60.0 Å². The number of carbonyl (C=O) groups excluding carboxylic acids is 1. The number of methoxy groups -OCH3 is 1. The Balaban J connectivity index is 1.80. The predicted octanol–water partition coefficient (Wildman–Crippen LogP) is 4.71. The second-order valence-corrected chi connectivity index (χ2v) is 7.33. The van der Waals surface area contributed by atoms with Crippen LogP contribution < -0.4 is 4.74 Å². The van der Waals surface area contributed by atoms with E-state index in [9.17, 15) is 4.79 Å². The number of halogens is 1. The predicted molar refractivity (Wildman–Crippen MR) is 107 cm³/mol. The summed E-state index contributed by atoms with van der Waals surface area (Å²) in [7, 11) is 1.64. The quantitative estimate of drug-likeness (QED) is 0.400. The van der Waals surface area contributed by atoms with Crippen molar-refractivity contribution in [2.45, 2.75) is 18.6 Å². The highest BCUT2D eigenvalue weighted by Gasteiger charge is 2.17. The third-order valence-corrected chi connectivity index (χ3v) is 5.37. The lowest BCUT2D eigenvalue weighted by molar-refractivity contribution is 0.102. The molecule has 1 heterocycles. The molecule has 0 saturated carbocycles. The van der Waals surface area contributed by atoms with E-state index in [4.69, 9.17) is 4.74 Å². The van der Waals surface area contributed by atoms with Crippen molar-refractivity contribution >= 4 is 33.5 Å². The van der Waals surface area contributed by atoms with E-state index in [0.29, 0.717) is 17.9 Å². The summed E-state index contributed by atoms with van der Waals surface area (Å²) in [5.41, 5.74) is 1.57. The number of rotatable bonds is 7. The SMILES string of the molecule is CCn1c(SCC(=O)c2ccc(Br)cc2)nnc1-c1ccccc1OC. The van der Waals surface area contributed by atoms with Gasteiger partial charge in [0, 0.05) is 16.6 Å². The molecule has 5 nitrogen and oxygen atoms in total. The molecular weight excluding hydrogens is 414 g/mol. The zero-order valence-corrected chi connectivity index (χ0v) is 16.9. The van der Waals surface area contributed by atoms with Crippen LogP contribution in [0, 0.1) is 0 Å². The molecule has 1 aromatic heterocycles. The van der Waals surface area contributed by atoms with Gasteiger partial charge in [-0.05, 0) is 31.2 Å². The molecule has 2 aromatic carbocycles. The molecule has 0 atom stereocenters. The van der Waals surface area contributed by atoms with E-state index >= 15 is 0 Å². The Morgan fingerprint density at radius 1 is 1.15 bits per heavy atom. The molecule has 26 heavy (non-hydrogen) atoms. The van der Waals surface area contributed by atoms with E-state index in [-0.39, 0.29) is 5.78 Å². The Bertz CT molecular complexity index is 909. The van der Waals surface area contributed by atoms with Crippen molar-refractivity contribution in [2.24, 2.45) is 0 Å². The van der Waals surface area contributed by atoms with Gasteiger partial charge in [0.15, 0.2) is 16.8 Å². The summed E-state index contributed by atoms with van der Waals surface area (Å²) < 4.78 is 8.38. The summed E-state index contributed by atoms with van der Waals surface area (Å²) in [6, 6.07) is 15.1. The van der Waals surface area contributed by atoms with Crippen molar-refractivity contribution < 1.29 is 9.53 Å². The zero-order valence-electron chi connectivity index (χ0n) is 14.5. The molecule has 0 bridgehead atoms. The topological polar surface area (TPSA) is 57.0 Å². The minimum absolute atomic E-state index is 0.0620. The highest BCUT2D eigenvalue weighted by atomic mass is 79.9. The summed E-state index contributed by atoms with van der Waals surface area (Å²) in [4.78, 5) is 12.4. The first-order valence-electron chi connectivity index (χ1n) is 8.12. The Kier molecular flexibility index (Phi) is 6.11. The van der Waals surface area contributed by atoms with Crippen LogP contribution in [0.5, 0.6) is 5.75 Å². The van der Waals surface area contributed by atoms with Crippen LogP contribution in [-0.2, 0) is 6.54 Å². The normalized spacial score (nSPS) is 10.7. The smallest absolute Gasteiger partial charge is 0.191 e. The molecule has 0 saturated heterocycles. The number of ketones is 1. The lowest BCUT2D eigenvalue weighted by atomic mass is 10.2. The number of hydrogen-bond donors (Lipinski definition) is 0. The lowest BCUT2D eigenvalue weighted by Crippen LogP contribution is -2.05. The van der Waals surface area contributed by atoms with E-state index in [1.165, 1.54) is 11.8 Å². The van der Waals surface area contributed by atoms with Gasteiger partial charge < -0.3 is 9.30 Å². The van der Waals surface area contributed by atoms with Gasteiger partial charge in [-0.25, -0.2) is 0 Å². The monoisotopic (exact) mass is 431 g/mol. The fourth-order valence-corrected chi connectivity index (χ4v) is 3.72. The Hall–Kier alpha value is -2.12. The third-order valence-electron chi connectivity index (χ3n) is 3.88. The van der Waals surface area contributed by atoms with E-state index in [0.717, 1.165) is 26.8 Å². The average molecular weight is 432 g/mol. The van der Waals surface area contributed by atoms with Gasteiger partial charge in [0.2, 0.25) is 0 Å². The fraction of sp³-hybridized carbons (Fsp3) is 0.211. The van der Waals surface area contributed by atoms with Crippen LogP contribution in [0.2, 0.25) is 0 Å². The molecular formula is C19H18BrN3O2S. The molecule has 0 aliphatic rings. The van der Waals surface area contributed by atoms with Crippen LogP contribution in [0.25, 0.3) is 11.4 Å². The highest BCUT2D eigenvalue weighted by molar-refractivity contribution is 9.10. The first-order chi connectivity index (χ1) is 12.6. The summed E-state index contributed by atoms with van der Waals surface area (Å²) in [5.74, 6) is 1.86. The van der Waals surface area contributed by atoms with Gasteiger partial charge in [-0.3, -0.25) is 4.79 Å². The largest absolute Gasteiger partial charge is 0.496 e. The molecule has 0 amide bonds. The molecule has 0 N–H and O–H groups in total. The van der Waals surface area contributed by atoms with Crippen LogP contribution in [-0.4, -0.2) is 33.4 Å². The molecule has 0 aliphatic carbocycles. The van der Waals surface area contributed by atoms with Crippen molar-refractivity contribution in [2.75, 3.05) is 12.9 Å². The Labute approximate surface area is 164 Å². The lowest BCUT2D eigenvalue weighted by Gasteiger charge is -2.10. The number of para-hydroxylation sites is 1. The maximum absolute atomic E-state index is 12.4. The Morgan fingerprint density at radius 3 is 2.58 bits per heavy atom. The number of Topliss-reactive ketones (excluding diaryl/α,β-unsaturated/α-hetero) is 1. The maximum Gasteiger partial charge on any atom is 0.191 e. The van der Waals surface area contributed by atoms with Crippen LogP contribution in [0.1, 0.15) is 17.3 Å². The van der Waals surface area contributed by atoms with Crippen LogP contribution >= 0.6 is 27.7 Å². The van der Waals surface area contributed by atoms with Gasteiger partial charge >= 0.3 is 0 Å². The van der Waals surface area contributed by atoms with Crippen molar-refractivity contribution in [3.8, 4) is 17.1 Å². The molecule has 3 rings (SSSR count). The molecule has 0 spiro atoms. The first kappa shape index (κ1) is 18.7. The zero-order chi connectivity index (χ0) is 18.5. The van der Waals surface area contributed by atoms with E-state index < -0.39 is 0 Å². The molecule has 0 unspecified atom stereocenters. The van der Waals surface area contributed by atoms with Gasteiger partial charge in [0.05, 0.1) is 18.4 Å². The molecule has 0 radical (unpaired) electrons. The minimum atomic E-state index is 0.0620. The second kappa shape index (κ2) is 8.51. The van der Waals surface area contributed by atoms with Gasteiger partial charge in [0.25, 0.3) is 0 Å². The van der Waals surface area contributed by atoms with Gasteiger partial charge in [-0.15, -0.1) is 10.2 Å². The molecule has 3 aromatic rings. The number of benzene rings is 2. The minimum Gasteiger partial charge on any atom is -0.496 e. The molecule has 7 heteroatoms. The number of ether oxygens (including phenoxy) is 1. The second-order valence-electron chi connectivity index (χ2n) is 5.47. The molecule has 134 valence electrons. The number of nitrogens with zero attached hydrogens (tertiary/aromatic N) is 3. The summed E-state index contributed by atoms with van der Waals surface area (Å²) in [5, 5.41) is 9.32. The van der Waals surface area contributed by atoms with Crippen molar-refractivity contribution in [3.63, 3.8) is 0 Å². The van der Waals surface area contributed by atoms with Gasteiger partial charge in [-0.1, -0.05) is 52.0 Å². The van der Waals surface area contributed by atoms with E-state index in [1.54, 1.807) is 7.11 Å². The highest BCUT2D eigenvalue weighted by Crippen LogP contribution is 2.31. The Morgan fingerprint density at radius 2 is 1.88 bits per heavy atom. The number of carbonyl (C=O) groups is 1. The van der Waals surface area contributed by atoms with Gasteiger partial charge in [-0.2, -0.15) is 0 Å².